The lowest BCUT2D eigenvalue weighted by molar-refractivity contribution is -0.135. The number of carbonyl (C=O) groups excluding carboxylic acids is 1. The van der Waals surface area contributed by atoms with Gasteiger partial charge in [0.05, 0.1) is 0 Å². The zero-order valence-electron chi connectivity index (χ0n) is 12.6. The highest BCUT2D eigenvalue weighted by Crippen LogP contribution is 2.59. The van der Waals surface area contributed by atoms with E-state index in [1.54, 1.807) is 0 Å². The minimum atomic E-state index is 0.381. The lowest BCUT2D eigenvalue weighted by atomic mass is 9.91. The van der Waals surface area contributed by atoms with E-state index in [4.69, 9.17) is 0 Å². The van der Waals surface area contributed by atoms with Crippen molar-refractivity contribution in [3.63, 3.8) is 0 Å². The van der Waals surface area contributed by atoms with Crippen LogP contribution in [0.2, 0.25) is 0 Å². The highest BCUT2D eigenvalue weighted by molar-refractivity contribution is 5.83. The Kier molecular flexibility index (Phi) is 3.29. The zero-order chi connectivity index (χ0) is 13.6. The predicted molar refractivity (Wildman–Crippen MR) is 79.3 cm³/mol. The molecule has 3 nitrogen and oxygen atoms in total. The van der Waals surface area contributed by atoms with Gasteiger partial charge in [0.1, 0.15) is 0 Å². The Balaban J connectivity index is 1.43. The van der Waals surface area contributed by atoms with Gasteiger partial charge in [-0.2, -0.15) is 0 Å². The predicted octanol–water partition coefficient (Wildman–Crippen LogP) is 2.56. The molecule has 2 atom stereocenters. The molecule has 2 aliphatic carbocycles. The van der Waals surface area contributed by atoms with Gasteiger partial charge in [0.15, 0.2) is 0 Å². The molecule has 4 aliphatic rings. The van der Waals surface area contributed by atoms with Gasteiger partial charge < -0.3 is 10.2 Å². The molecule has 1 spiro atoms. The standard InChI is InChI=1S/C17H28N2O/c20-16(14-12-17(14)7-9-18-10-8-17)19-11-3-6-15(19)13-4-1-2-5-13/h13-15,18H,1-12H2. The van der Waals surface area contributed by atoms with Crippen molar-refractivity contribution in [1.82, 2.24) is 10.2 Å². The van der Waals surface area contributed by atoms with Crippen LogP contribution in [0.25, 0.3) is 0 Å². The monoisotopic (exact) mass is 276 g/mol. The Morgan fingerprint density at radius 2 is 1.80 bits per heavy atom. The summed E-state index contributed by atoms with van der Waals surface area (Å²) in [6, 6.07) is 0.601. The Morgan fingerprint density at radius 1 is 1.05 bits per heavy atom. The van der Waals surface area contributed by atoms with E-state index in [9.17, 15) is 4.79 Å². The van der Waals surface area contributed by atoms with E-state index in [0.29, 0.717) is 23.3 Å². The summed E-state index contributed by atoms with van der Waals surface area (Å²) in [6.07, 6.45) is 11.7. The Labute approximate surface area is 122 Å². The smallest absolute Gasteiger partial charge is 0.226 e. The number of amides is 1. The van der Waals surface area contributed by atoms with Crippen molar-refractivity contribution in [2.45, 2.75) is 63.8 Å². The van der Waals surface area contributed by atoms with Crippen LogP contribution in [0.15, 0.2) is 0 Å². The van der Waals surface area contributed by atoms with Crippen LogP contribution >= 0.6 is 0 Å². The van der Waals surface area contributed by atoms with E-state index >= 15 is 0 Å². The average Bonchev–Trinajstić information content (AvgIpc) is 2.95. The molecule has 20 heavy (non-hydrogen) atoms. The SMILES string of the molecule is O=C(C1CC12CCNCC2)N1CCCC1C1CCCC1. The number of carbonyl (C=O) groups is 1. The molecular weight excluding hydrogens is 248 g/mol. The number of piperidine rings is 1. The molecule has 0 aromatic rings. The van der Waals surface area contributed by atoms with Crippen molar-refractivity contribution in [3.8, 4) is 0 Å². The molecule has 0 aromatic carbocycles. The molecule has 4 rings (SSSR count). The molecule has 2 unspecified atom stereocenters. The van der Waals surface area contributed by atoms with Gasteiger partial charge in [-0.05, 0) is 69.4 Å². The van der Waals surface area contributed by atoms with Crippen molar-refractivity contribution < 1.29 is 4.79 Å². The first-order valence-electron chi connectivity index (χ1n) is 8.81. The maximum absolute atomic E-state index is 13.0. The minimum absolute atomic E-state index is 0.381. The first-order chi connectivity index (χ1) is 9.80. The topological polar surface area (TPSA) is 32.3 Å². The number of nitrogens with zero attached hydrogens (tertiary/aromatic N) is 1. The molecule has 0 bridgehead atoms. The summed E-state index contributed by atoms with van der Waals surface area (Å²) in [5, 5.41) is 3.44. The molecule has 0 aromatic heterocycles. The first-order valence-corrected chi connectivity index (χ1v) is 8.81. The summed E-state index contributed by atoms with van der Waals surface area (Å²) in [5.74, 6) is 1.73. The molecule has 2 saturated heterocycles. The van der Waals surface area contributed by atoms with Gasteiger partial charge in [0.2, 0.25) is 5.91 Å². The fraction of sp³-hybridized carbons (Fsp3) is 0.941. The maximum Gasteiger partial charge on any atom is 0.226 e. The molecule has 2 aliphatic heterocycles. The van der Waals surface area contributed by atoms with Crippen LogP contribution in [0.4, 0.5) is 0 Å². The van der Waals surface area contributed by atoms with E-state index in [1.807, 2.05) is 0 Å². The van der Waals surface area contributed by atoms with Crippen molar-refractivity contribution in [2.24, 2.45) is 17.3 Å². The summed E-state index contributed by atoms with van der Waals surface area (Å²) >= 11 is 0. The molecular formula is C17H28N2O. The van der Waals surface area contributed by atoms with Gasteiger partial charge in [0, 0.05) is 18.5 Å². The molecule has 2 saturated carbocycles. The number of nitrogens with one attached hydrogen (secondary N) is 1. The van der Waals surface area contributed by atoms with Gasteiger partial charge in [-0.25, -0.2) is 0 Å². The second-order valence-electron chi connectivity index (χ2n) is 7.65. The second kappa shape index (κ2) is 5.01. The molecule has 1 N–H and O–H groups in total. The summed E-state index contributed by atoms with van der Waals surface area (Å²) in [4.78, 5) is 15.3. The summed E-state index contributed by atoms with van der Waals surface area (Å²) in [5.41, 5.74) is 0.408. The van der Waals surface area contributed by atoms with Crippen molar-refractivity contribution in [1.29, 1.82) is 0 Å². The quantitative estimate of drug-likeness (QED) is 0.840. The van der Waals surface area contributed by atoms with Gasteiger partial charge in [0.25, 0.3) is 0 Å². The van der Waals surface area contributed by atoms with E-state index in [1.165, 1.54) is 57.8 Å². The van der Waals surface area contributed by atoms with E-state index < -0.39 is 0 Å². The number of hydrogen-bond acceptors (Lipinski definition) is 2. The van der Waals surface area contributed by atoms with Crippen LogP contribution in [0.3, 0.4) is 0 Å². The Hall–Kier alpha value is -0.570. The summed E-state index contributed by atoms with van der Waals surface area (Å²) in [7, 11) is 0. The average molecular weight is 276 g/mol. The maximum atomic E-state index is 13.0. The normalized spacial score (nSPS) is 36.7. The summed E-state index contributed by atoms with van der Waals surface area (Å²) < 4.78 is 0. The Bertz CT molecular complexity index is 382. The van der Waals surface area contributed by atoms with Gasteiger partial charge >= 0.3 is 0 Å². The van der Waals surface area contributed by atoms with Crippen LogP contribution in [-0.2, 0) is 4.79 Å². The lowest BCUT2D eigenvalue weighted by Crippen LogP contribution is -2.42. The van der Waals surface area contributed by atoms with E-state index in [-0.39, 0.29) is 0 Å². The highest BCUT2D eigenvalue weighted by Gasteiger charge is 2.59. The summed E-state index contributed by atoms with van der Waals surface area (Å²) in [6.45, 7) is 3.29. The van der Waals surface area contributed by atoms with Gasteiger partial charge in [-0.15, -0.1) is 0 Å². The fourth-order valence-electron chi connectivity index (χ4n) is 5.27. The lowest BCUT2D eigenvalue weighted by Gasteiger charge is -2.31. The second-order valence-corrected chi connectivity index (χ2v) is 7.65. The molecule has 3 heteroatoms. The fourth-order valence-corrected chi connectivity index (χ4v) is 5.27. The van der Waals surface area contributed by atoms with Gasteiger partial charge in [-0.3, -0.25) is 4.79 Å². The molecule has 2 heterocycles. The molecule has 1 amide bonds. The number of hydrogen-bond donors (Lipinski definition) is 1. The van der Waals surface area contributed by atoms with Crippen molar-refractivity contribution >= 4 is 5.91 Å². The third-order valence-corrected chi connectivity index (χ3v) is 6.61. The van der Waals surface area contributed by atoms with Crippen LogP contribution in [-0.4, -0.2) is 36.5 Å². The molecule has 0 radical (unpaired) electrons. The molecule has 112 valence electrons. The Morgan fingerprint density at radius 3 is 2.55 bits per heavy atom. The highest BCUT2D eigenvalue weighted by atomic mass is 16.2. The van der Waals surface area contributed by atoms with Gasteiger partial charge in [-0.1, -0.05) is 12.8 Å². The third-order valence-electron chi connectivity index (χ3n) is 6.61. The number of likely N-dealkylation sites (tertiary alicyclic amines) is 1. The van der Waals surface area contributed by atoms with Crippen molar-refractivity contribution in [3.05, 3.63) is 0 Å². The van der Waals surface area contributed by atoms with E-state index in [2.05, 4.69) is 10.2 Å². The van der Waals surface area contributed by atoms with E-state index in [0.717, 1.165) is 25.6 Å². The van der Waals surface area contributed by atoms with Crippen LogP contribution in [0.1, 0.15) is 57.8 Å². The molecule has 4 fully saturated rings. The zero-order valence-corrected chi connectivity index (χ0v) is 12.6. The van der Waals surface area contributed by atoms with Crippen molar-refractivity contribution in [2.75, 3.05) is 19.6 Å². The van der Waals surface area contributed by atoms with Crippen LogP contribution in [0.5, 0.6) is 0 Å². The first kappa shape index (κ1) is 13.1. The third kappa shape index (κ3) is 2.09. The van der Waals surface area contributed by atoms with Crippen LogP contribution < -0.4 is 5.32 Å². The minimum Gasteiger partial charge on any atom is -0.339 e. The van der Waals surface area contributed by atoms with Crippen LogP contribution in [0, 0.1) is 17.3 Å². The number of rotatable bonds is 2. The largest absolute Gasteiger partial charge is 0.339 e.